The molecule has 0 fully saturated rings. The smallest absolute Gasteiger partial charge is 0.254 e. The van der Waals surface area contributed by atoms with Gasteiger partial charge in [-0.25, -0.2) is 9.37 Å². The van der Waals surface area contributed by atoms with Crippen LogP contribution < -0.4 is 5.32 Å². The summed E-state index contributed by atoms with van der Waals surface area (Å²) < 4.78 is 13.8. The lowest BCUT2D eigenvalue weighted by Gasteiger charge is -2.16. The average molecular weight is 343 g/mol. The monoisotopic (exact) mass is 343 g/mol. The first kappa shape index (κ1) is 16.5. The zero-order valence-electron chi connectivity index (χ0n) is 13.3. The number of para-hydroxylation sites is 2. The normalized spacial score (nSPS) is 12.2. The summed E-state index contributed by atoms with van der Waals surface area (Å²) in [6.07, 6.45) is 2.72. The number of fused-ring (bicyclic) bond motifs is 1. The number of amides is 1. The molecule has 1 amide bonds. The van der Waals surface area contributed by atoms with Crippen molar-refractivity contribution in [2.45, 2.75) is 12.5 Å². The molecular weight excluding hydrogens is 325 g/mol. The lowest BCUT2D eigenvalue weighted by Crippen LogP contribution is -2.30. The summed E-state index contributed by atoms with van der Waals surface area (Å²) in [7, 11) is 0. The molecule has 2 N–H and O–H groups in total. The fourth-order valence-electron chi connectivity index (χ4n) is 2.53. The lowest BCUT2D eigenvalue weighted by atomic mass is 10.1. The number of H-pyrrole nitrogens is 1. The number of hydrogen-bond acceptors (Lipinski definition) is 3. The van der Waals surface area contributed by atoms with Crippen molar-refractivity contribution in [1.29, 1.82) is 0 Å². The van der Waals surface area contributed by atoms with Crippen LogP contribution in [0.25, 0.3) is 11.0 Å². The SMILES string of the molecule is CSCC[C@H](NC(=O)c1ccccc1F)c1nc2ccccc2[nH]1. The molecule has 0 unspecified atom stereocenters. The Morgan fingerprint density at radius 3 is 2.75 bits per heavy atom. The van der Waals surface area contributed by atoms with E-state index in [9.17, 15) is 9.18 Å². The van der Waals surface area contributed by atoms with Gasteiger partial charge in [0.05, 0.1) is 22.6 Å². The van der Waals surface area contributed by atoms with E-state index in [2.05, 4.69) is 15.3 Å². The second-order valence-electron chi connectivity index (χ2n) is 5.43. The average Bonchev–Trinajstić information content (AvgIpc) is 3.02. The molecule has 0 radical (unpaired) electrons. The summed E-state index contributed by atoms with van der Waals surface area (Å²) in [5, 5.41) is 2.90. The Morgan fingerprint density at radius 1 is 1.25 bits per heavy atom. The summed E-state index contributed by atoms with van der Waals surface area (Å²) in [6, 6.07) is 13.4. The van der Waals surface area contributed by atoms with E-state index in [4.69, 9.17) is 0 Å². The Labute approximate surface area is 143 Å². The first-order valence-corrected chi connectivity index (χ1v) is 9.07. The van der Waals surface area contributed by atoms with Crippen LogP contribution in [0.2, 0.25) is 0 Å². The van der Waals surface area contributed by atoms with Gasteiger partial charge in [0, 0.05) is 0 Å². The maximum Gasteiger partial charge on any atom is 0.254 e. The highest BCUT2D eigenvalue weighted by Crippen LogP contribution is 2.21. The molecule has 0 saturated heterocycles. The van der Waals surface area contributed by atoms with Gasteiger partial charge in [-0.05, 0) is 42.7 Å². The molecular formula is C18H18FN3OS. The topological polar surface area (TPSA) is 57.8 Å². The van der Waals surface area contributed by atoms with Crippen LogP contribution in [0.5, 0.6) is 0 Å². The van der Waals surface area contributed by atoms with Gasteiger partial charge in [-0.3, -0.25) is 4.79 Å². The van der Waals surface area contributed by atoms with Crippen molar-refractivity contribution in [3.8, 4) is 0 Å². The van der Waals surface area contributed by atoms with Gasteiger partial charge in [0.2, 0.25) is 0 Å². The number of aromatic amines is 1. The summed E-state index contributed by atoms with van der Waals surface area (Å²) in [4.78, 5) is 20.2. The molecule has 2 aromatic carbocycles. The van der Waals surface area contributed by atoms with E-state index in [0.717, 1.165) is 16.8 Å². The zero-order valence-corrected chi connectivity index (χ0v) is 14.1. The quantitative estimate of drug-likeness (QED) is 0.713. The Hall–Kier alpha value is -2.34. The minimum absolute atomic E-state index is 0.0442. The van der Waals surface area contributed by atoms with E-state index in [1.165, 1.54) is 12.1 Å². The number of halogens is 1. The van der Waals surface area contributed by atoms with Gasteiger partial charge in [-0.1, -0.05) is 24.3 Å². The Bertz CT molecular complexity index is 816. The lowest BCUT2D eigenvalue weighted by molar-refractivity contribution is 0.0930. The van der Waals surface area contributed by atoms with E-state index in [0.29, 0.717) is 12.2 Å². The van der Waals surface area contributed by atoms with Crippen LogP contribution in [0.15, 0.2) is 48.5 Å². The van der Waals surface area contributed by atoms with Gasteiger partial charge >= 0.3 is 0 Å². The number of benzene rings is 2. The Balaban J connectivity index is 1.86. The number of imidazole rings is 1. The third-order valence-electron chi connectivity index (χ3n) is 3.77. The number of hydrogen-bond donors (Lipinski definition) is 2. The van der Waals surface area contributed by atoms with E-state index < -0.39 is 11.7 Å². The number of thioether (sulfide) groups is 1. The molecule has 3 rings (SSSR count). The number of rotatable bonds is 6. The van der Waals surface area contributed by atoms with E-state index in [1.807, 2.05) is 30.5 Å². The predicted molar refractivity (Wildman–Crippen MR) is 95.7 cm³/mol. The molecule has 0 aliphatic heterocycles. The minimum atomic E-state index is -0.525. The highest BCUT2D eigenvalue weighted by atomic mass is 32.2. The number of carbonyl (C=O) groups is 1. The molecule has 1 aromatic heterocycles. The van der Waals surface area contributed by atoms with Crippen molar-refractivity contribution in [2.24, 2.45) is 0 Å². The van der Waals surface area contributed by atoms with Crippen molar-refractivity contribution >= 4 is 28.7 Å². The summed E-state index contributed by atoms with van der Waals surface area (Å²) >= 11 is 1.69. The fraction of sp³-hybridized carbons (Fsp3) is 0.222. The van der Waals surface area contributed by atoms with Gasteiger partial charge in [0.15, 0.2) is 0 Å². The molecule has 0 aliphatic carbocycles. The molecule has 0 saturated carbocycles. The maximum absolute atomic E-state index is 13.8. The number of nitrogens with one attached hydrogen (secondary N) is 2. The second-order valence-corrected chi connectivity index (χ2v) is 6.41. The molecule has 1 heterocycles. The van der Waals surface area contributed by atoms with Crippen molar-refractivity contribution < 1.29 is 9.18 Å². The van der Waals surface area contributed by atoms with Crippen molar-refractivity contribution in [3.05, 3.63) is 65.7 Å². The predicted octanol–water partition coefficient (Wildman–Crippen LogP) is 3.93. The third kappa shape index (κ3) is 3.59. The highest BCUT2D eigenvalue weighted by molar-refractivity contribution is 7.98. The van der Waals surface area contributed by atoms with Gasteiger partial charge in [0.1, 0.15) is 11.6 Å². The summed E-state index contributed by atoms with van der Waals surface area (Å²) in [5.41, 5.74) is 1.81. The number of aromatic nitrogens is 2. The summed E-state index contributed by atoms with van der Waals surface area (Å²) in [5.74, 6) is 0.594. The molecule has 6 heteroatoms. The highest BCUT2D eigenvalue weighted by Gasteiger charge is 2.20. The summed E-state index contributed by atoms with van der Waals surface area (Å²) in [6.45, 7) is 0. The van der Waals surface area contributed by atoms with Gasteiger partial charge < -0.3 is 10.3 Å². The van der Waals surface area contributed by atoms with Crippen molar-refractivity contribution in [1.82, 2.24) is 15.3 Å². The van der Waals surface area contributed by atoms with E-state index >= 15 is 0 Å². The van der Waals surface area contributed by atoms with Gasteiger partial charge in [-0.2, -0.15) is 11.8 Å². The largest absolute Gasteiger partial charge is 0.342 e. The van der Waals surface area contributed by atoms with E-state index in [1.54, 1.807) is 23.9 Å². The standard InChI is InChI=1S/C18H18FN3OS/c1-24-11-10-16(17-20-14-8-4-5-9-15(14)21-17)22-18(23)12-6-2-3-7-13(12)19/h2-9,16H,10-11H2,1H3,(H,20,21)(H,22,23)/t16-/m0/s1. The van der Waals surface area contributed by atoms with Crippen LogP contribution in [0.1, 0.15) is 28.6 Å². The number of nitrogens with zero attached hydrogens (tertiary/aromatic N) is 1. The van der Waals surface area contributed by atoms with Crippen LogP contribution in [-0.2, 0) is 0 Å². The fourth-order valence-corrected chi connectivity index (χ4v) is 3.00. The Morgan fingerprint density at radius 2 is 2.00 bits per heavy atom. The minimum Gasteiger partial charge on any atom is -0.342 e. The van der Waals surface area contributed by atoms with Crippen LogP contribution in [0.3, 0.4) is 0 Å². The molecule has 24 heavy (non-hydrogen) atoms. The van der Waals surface area contributed by atoms with E-state index in [-0.39, 0.29) is 11.6 Å². The maximum atomic E-state index is 13.8. The van der Waals surface area contributed by atoms with Crippen LogP contribution in [0.4, 0.5) is 4.39 Å². The van der Waals surface area contributed by atoms with Crippen molar-refractivity contribution in [3.63, 3.8) is 0 Å². The van der Waals surface area contributed by atoms with Crippen LogP contribution in [-0.4, -0.2) is 27.9 Å². The third-order valence-corrected chi connectivity index (χ3v) is 4.42. The second kappa shape index (κ2) is 7.49. The first-order chi connectivity index (χ1) is 11.7. The van der Waals surface area contributed by atoms with Crippen molar-refractivity contribution in [2.75, 3.05) is 12.0 Å². The number of carbonyl (C=O) groups excluding carboxylic acids is 1. The van der Waals surface area contributed by atoms with Crippen LogP contribution in [0, 0.1) is 5.82 Å². The molecule has 0 spiro atoms. The molecule has 1 atom stereocenters. The molecule has 3 aromatic rings. The molecule has 124 valence electrons. The van der Waals surface area contributed by atoms with Gasteiger partial charge in [-0.15, -0.1) is 0 Å². The van der Waals surface area contributed by atoms with Crippen LogP contribution >= 0.6 is 11.8 Å². The van der Waals surface area contributed by atoms with Gasteiger partial charge in [0.25, 0.3) is 5.91 Å². The molecule has 0 aliphatic rings. The first-order valence-electron chi connectivity index (χ1n) is 7.68. The Kier molecular flexibility index (Phi) is 5.15. The zero-order chi connectivity index (χ0) is 16.9. The molecule has 4 nitrogen and oxygen atoms in total. The molecule has 0 bridgehead atoms.